The quantitative estimate of drug-likeness (QED) is 0.575. The third kappa shape index (κ3) is 4.39. The zero-order valence-corrected chi connectivity index (χ0v) is 12.4. The molecule has 110 valence electrons. The van der Waals surface area contributed by atoms with Crippen molar-refractivity contribution in [3.63, 3.8) is 0 Å². The van der Waals surface area contributed by atoms with Crippen molar-refractivity contribution in [2.45, 2.75) is 13.0 Å². The summed E-state index contributed by atoms with van der Waals surface area (Å²) in [6.07, 6.45) is -0.133. The largest absolute Gasteiger partial charge is 0.367 e. The molecule has 1 atom stereocenters. The molecule has 0 bridgehead atoms. The number of nitrogens with zero attached hydrogens (tertiary/aromatic N) is 2. The van der Waals surface area contributed by atoms with Crippen LogP contribution in [-0.4, -0.2) is 25.2 Å². The van der Waals surface area contributed by atoms with Crippen LogP contribution in [0.25, 0.3) is 0 Å². The van der Waals surface area contributed by atoms with Crippen molar-refractivity contribution in [1.29, 1.82) is 0 Å². The lowest BCUT2D eigenvalue weighted by Gasteiger charge is -2.20. The molecule has 0 N–H and O–H groups in total. The predicted octanol–water partition coefficient (Wildman–Crippen LogP) is 3.71. The molecule has 0 amide bonds. The molecule has 0 aromatic heterocycles. The molecule has 0 aliphatic carbocycles. The Bertz CT molecular complexity index is 572. The second kappa shape index (κ2) is 7.55. The van der Waals surface area contributed by atoms with Gasteiger partial charge in [0.2, 0.25) is 0 Å². The van der Waals surface area contributed by atoms with Crippen LogP contribution in [0.15, 0.2) is 59.9 Å². The molecule has 0 aliphatic heterocycles. The molecule has 2 aromatic carbocycles. The first-order valence-corrected chi connectivity index (χ1v) is 6.98. The number of rotatable bonds is 7. The van der Waals surface area contributed by atoms with Gasteiger partial charge in [-0.15, -0.1) is 4.91 Å². The highest BCUT2D eigenvalue weighted by Gasteiger charge is 2.14. The molecule has 2 rings (SSSR count). The predicted molar refractivity (Wildman–Crippen MR) is 83.8 cm³/mol. The fraction of sp³-hybridized carbons (Fsp3) is 0.294. The van der Waals surface area contributed by atoms with Gasteiger partial charge in [0.1, 0.15) is 6.10 Å². The van der Waals surface area contributed by atoms with Gasteiger partial charge in [-0.2, -0.15) is 0 Å². The fourth-order valence-electron chi connectivity index (χ4n) is 2.19. The molecule has 4 nitrogen and oxygen atoms in total. The highest BCUT2D eigenvalue weighted by atomic mass is 16.5. The molecule has 0 heterocycles. The number of hydrogen-bond acceptors (Lipinski definition) is 3. The van der Waals surface area contributed by atoms with Crippen molar-refractivity contribution in [1.82, 2.24) is 5.01 Å². The van der Waals surface area contributed by atoms with Crippen LogP contribution in [0.1, 0.15) is 22.8 Å². The van der Waals surface area contributed by atoms with Crippen LogP contribution in [0, 0.1) is 11.8 Å². The van der Waals surface area contributed by atoms with Gasteiger partial charge in [-0.3, -0.25) is 5.01 Å². The molecule has 4 heteroatoms. The average Bonchev–Trinajstić information content (AvgIpc) is 2.52. The highest BCUT2D eigenvalue weighted by Crippen LogP contribution is 2.26. The average molecular weight is 284 g/mol. The number of nitroso groups, excluding NO2 is 1. The summed E-state index contributed by atoms with van der Waals surface area (Å²) < 4.78 is 6.00. The van der Waals surface area contributed by atoms with Gasteiger partial charge < -0.3 is 4.74 Å². The Balaban J connectivity index is 2.17. The van der Waals surface area contributed by atoms with Gasteiger partial charge in [0, 0.05) is 7.05 Å². The SMILES string of the molecule is Cc1cccc(C(OCCN(C)N=O)c2ccccc2)c1. The van der Waals surface area contributed by atoms with Crippen molar-refractivity contribution < 1.29 is 4.74 Å². The zero-order valence-electron chi connectivity index (χ0n) is 12.4. The summed E-state index contributed by atoms with van der Waals surface area (Å²) in [6, 6.07) is 18.4. The van der Waals surface area contributed by atoms with E-state index in [1.54, 1.807) is 7.05 Å². The minimum atomic E-state index is -0.133. The Morgan fingerprint density at radius 1 is 1.10 bits per heavy atom. The first-order valence-electron chi connectivity index (χ1n) is 6.98. The van der Waals surface area contributed by atoms with E-state index in [9.17, 15) is 4.91 Å². The summed E-state index contributed by atoms with van der Waals surface area (Å²) in [7, 11) is 1.64. The smallest absolute Gasteiger partial charge is 0.108 e. The van der Waals surface area contributed by atoms with E-state index in [-0.39, 0.29) is 6.10 Å². The summed E-state index contributed by atoms with van der Waals surface area (Å²) in [6.45, 7) is 2.98. The van der Waals surface area contributed by atoms with E-state index in [0.29, 0.717) is 13.2 Å². The molecule has 21 heavy (non-hydrogen) atoms. The number of aryl methyl sites for hydroxylation is 1. The Hall–Kier alpha value is -2.20. The molecule has 2 aromatic rings. The minimum absolute atomic E-state index is 0.133. The number of hydrogen-bond donors (Lipinski definition) is 0. The second-order valence-corrected chi connectivity index (χ2v) is 5.04. The van der Waals surface area contributed by atoms with E-state index in [0.717, 1.165) is 11.1 Å². The van der Waals surface area contributed by atoms with Crippen molar-refractivity contribution in [3.8, 4) is 0 Å². The number of ether oxygens (including phenoxy) is 1. The second-order valence-electron chi connectivity index (χ2n) is 5.04. The summed E-state index contributed by atoms with van der Waals surface area (Å²) in [5.74, 6) is 0. The van der Waals surface area contributed by atoms with Crippen LogP contribution >= 0.6 is 0 Å². The molecule has 0 radical (unpaired) electrons. The van der Waals surface area contributed by atoms with Crippen molar-refractivity contribution in [2.24, 2.45) is 5.29 Å². The lowest BCUT2D eigenvalue weighted by molar-refractivity contribution is 0.0649. The minimum Gasteiger partial charge on any atom is -0.367 e. The molecule has 0 aliphatic rings. The third-order valence-corrected chi connectivity index (χ3v) is 3.29. The highest BCUT2D eigenvalue weighted by molar-refractivity contribution is 5.32. The van der Waals surface area contributed by atoms with Gasteiger partial charge in [0.25, 0.3) is 0 Å². The van der Waals surface area contributed by atoms with Gasteiger partial charge in [-0.1, -0.05) is 60.2 Å². The van der Waals surface area contributed by atoms with Gasteiger partial charge in [0.05, 0.1) is 18.4 Å². The monoisotopic (exact) mass is 284 g/mol. The maximum absolute atomic E-state index is 10.4. The van der Waals surface area contributed by atoms with Crippen LogP contribution in [0.4, 0.5) is 0 Å². The van der Waals surface area contributed by atoms with Gasteiger partial charge in [-0.25, -0.2) is 0 Å². The number of benzene rings is 2. The first kappa shape index (κ1) is 15.2. The lowest BCUT2D eigenvalue weighted by Crippen LogP contribution is -2.19. The number of likely N-dealkylation sites (N-methyl/N-ethyl adjacent to an activating group) is 1. The summed E-state index contributed by atoms with van der Waals surface area (Å²) in [5.41, 5.74) is 3.41. The van der Waals surface area contributed by atoms with E-state index in [2.05, 4.69) is 42.5 Å². The zero-order chi connectivity index (χ0) is 15.1. The maximum atomic E-state index is 10.4. The van der Waals surface area contributed by atoms with Gasteiger partial charge in [-0.05, 0) is 18.1 Å². The van der Waals surface area contributed by atoms with Gasteiger partial charge in [0.15, 0.2) is 0 Å². The van der Waals surface area contributed by atoms with E-state index in [4.69, 9.17) is 4.74 Å². The molecule has 0 saturated carbocycles. The molecule has 0 fully saturated rings. The van der Waals surface area contributed by atoms with Crippen LogP contribution in [0.2, 0.25) is 0 Å². The summed E-state index contributed by atoms with van der Waals surface area (Å²) in [4.78, 5) is 10.4. The van der Waals surface area contributed by atoms with Crippen molar-refractivity contribution in [2.75, 3.05) is 20.2 Å². The first-order chi connectivity index (χ1) is 10.2. The van der Waals surface area contributed by atoms with E-state index in [1.165, 1.54) is 10.6 Å². The van der Waals surface area contributed by atoms with Crippen LogP contribution in [0.3, 0.4) is 0 Å². The van der Waals surface area contributed by atoms with Crippen LogP contribution in [-0.2, 0) is 4.74 Å². The van der Waals surface area contributed by atoms with Crippen LogP contribution in [0.5, 0.6) is 0 Å². The Morgan fingerprint density at radius 2 is 1.81 bits per heavy atom. The Morgan fingerprint density at radius 3 is 2.48 bits per heavy atom. The topological polar surface area (TPSA) is 41.9 Å². The fourth-order valence-corrected chi connectivity index (χ4v) is 2.19. The van der Waals surface area contributed by atoms with E-state index >= 15 is 0 Å². The molecule has 0 spiro atoms. The van der Waals surface area contributed by atoms with E-state index < -0.39 is 0 Å². The summed E-state index contributed by atoms with van der Waals surface area (Å²) in [5, 5.41) is 4.18. The summed E-state index contributed by atoms with van der Waals surface area (Å²) >= 11 is 0. The molecule has 0 saturated heterocycles. The van der Waals surface area contributed by atoms with Crippen LogP contribution < -0.4 is 0 Å². The van der Waals surface area contributed by atoms with Gasteiger partial charge >= 0.3 is 0 Å². The Kier molecular flexibility index (Phi) is 5.46. The molecular weight excluding hydrogens is 264 g/mol. The van der Waals surface area contributed by atoms with E-state index in [1.807, 2.05) is 24.3 Å². The Labute approximate surface area is 125 Å². The molecule has 1 unspecified atom stereocenters. The van der Waals surface area contributed by atoms with Crippen molar-refractivity contribution >= 4 is 0 Å². The molecular formula is C17H20N2O2. The standard InChI is InChI=1S/C17H20N2O2/c1-14-7-6-10-16(13-14)17(15-8-4-3-5-9-15)21-12-11-19(2)18-20/h3-10,13,17H,11-12H2,1-2H3. The normalized spacial score (nSPS) is 11.9. The maximum Gasteiger partial charge on any atom is 0.108 e. The third-order valence-electron chi connectivity index (χ3n) is 3.29. The lowest BCUT2D eigenvalue weighted by atomic mass is 10.00. The van der Waals surface area contributed by atoms with Crippen molar-refractivity contribution in [3.05, 3.63) is 76.2 Å².